The summed E-state index contributed by atoms with van der Waals surface area (Å²) in [5.41, 5.74) is 5.70. The summed E-state index contributed by atoms with van der Waals surface area (Å²) in [6.45, 7) is 1.50. The largest absolute Gasteiger partial charge is 0.481 e. The van der Waals surface area contributed by atoms with Gasteiger partial charge in [0.05, 0.1) is 18.2 Å². The molecule has 0 saturated carbocycles. The maximum Gasteiger partial charge on any atom is 0.310 e. The second kappa shape index (κ2) is 7.83. The number of aromatic amines is 1. The van der Waals surface area contributed by atoms with Gasteiger partial charge in [-0.3, -0.25) is 4.79 Å². The van der Waals surface area contributed by atoms with Crippen LogP contribution in [-0.2, 0) is 16.1 Å². The lowest BCUT2D eigenvalue weighted by atomic mass is 9.96. The number of aliphatic carboxylic acids is 1. The summed E-state index contributed by atoms with van der Waals surface area (Å²) in [6, 6.07) is 14.9. The van der Waals surface area contributed by atoms with E-state index >= 15 is 0 Å². The Morgan fingerprint density at radius 2 is 2.10 bits per heavy atom. The summed E-state index contributed by atoms with van der Waals surface area (Å²) in [7, 11) is 1.67. The van der Waals surface area contributed by atoms with Gasteiger partial charge in [0.15, 0.2) is 0 Å². The molecule has 31 heavy (non-hydrogen) atoms. The molecule has 0 atom stereocenters. The zero-order valence-corrected chi connectivity index (χ0v) is 17.7. The smallest absolute Gasteiger partial charge is 0.310 e. The number of carbonyl (C=O) groups is 1. The molecule has 5 nitrogen and oxygen atoms in total. The normalized spacial score (nSPS) is 14.2. The van der Waals surface area contributed by atoms with Gasteiger partial charge in [0.25, 0.3) is 0 Å². The number of rotatable bonds is 6. The van der Waals surface area contributed by atoms with Gasteiger partial charge in [-0.25, -0.2) is 4.39 Å². The number of halogens is 1. The SMILES string of the molecule is COCc1sccc1-c1c(-c2cccc(N3CC(C(=O)O)C3)c2)[nH]c2ccc(F)cc12. The highest BCUT2D eigenvalue weighted by molar-refractivity contribution is 7.10. The lowest BCUT2D eigenvalue weighted by molar-refractivity contribution is -0.142. The van der Waals surface area contributed by atoms with E-state index in [4.69, 9.17) is 4.74 Å². The summed E-state index contributed by atoms with van der Waals surface area (Å²) in [5.74, 6) is -1.36. The monoisotopic (exact) mass is 436 g/mol. The standard InChI is InChI=1S/C24H21FN2O3S/c1-30-13-21-18(7-8-31-21)22-19-10-16(25)5-6-20(19)26-23(22)14-3-2-4-17(9-14)27-11-15(12-27)24(28)29/h2-10,15,26H,11-13H2,1H3,(H,28,29). The van der Waals surface area contributed by atoms with Crippen molar-refractivity contribution < 1.29 is 19.0 Å². The van der Waals surface area contributed by atoms with Gasteiger partial charge in [0.1, 0.15) is 5.82 Å². The number of fused-ring (bicyclic) bond motifs is 1. The predicted molar refractivity (Wildman–Crippen MR) is 121 cm³/mol. The van der Waals surface area contributed by atoms with Gasteiger partial charge in [0, 0.05) is 58.4 Å². The van der Waals surface area contributed by atoms with Crippen LogP contribution in [0.4, 0.5) is 10.1 Å². The first-order valence-electron chi connectivity index (χ1n) is 10.00. The molecule has 0 amide bonds. The Hall–Kier alpha value is -3.16. The number of hydrogen-bond donors (Lipinski definition) is 2. The average Bonchev–Trinajstić information content (AvgIpc) is 3.30. The van der Waals surface area contributed by atoms with Gasteiger partial charge in [-0.15, -0.1) is 11.3 Å². The molecule has 3 heterocycles. The fourth-order valence-electron chi connectivity index (χ4n) is 4.17. The van der Waals surface area contributed by atoms with E-state index in [0.717, 1.165) is 43.9 Å². The second-order valence-corrected chi connectivity index (χ2v) is 8.75. The lowest BCUT2D eigenvalue weighted by Gasteiger charge is -2.38. The molecular formula is C24H21FN2O3S. The molecule has 0 bridgehead atoms. The number of ether oxygens (including phenoxy) is 1. The maximum atomic E-state index is 14.2. The van der Waals surface area contributed by atoms with E-state index in [2.05, 4.69) is 16.0 Å². The minimum Gasteiger partial charge on any atom is -0.481 e. The molecule has 1 aliphatic rings. The number of benzene rings is 2. The van der Waals surface area contributed by atoms with E-state index in [-0.39, 0.29) is 11.7 Å². The number of H-pyrrole nitrogens is 1. The predicted octanol–water partition coefficient (Wildman–Crippen LogP) is 5.37. The zero-order valence-electron chi connectivity index (χ0n) is 16.9. The molecule has 2 aromatic carbocycles. The average molecular weight is 437 g/mol. The van der Waals surface area contributed by atoms with Crippen LogP contribution in [0.2, 0.25) is 0 Å². The van der Waals surface area contributed by atoms with Gasteiger partial charge < -0.3 is 19.7 Å². The molecule has 1 fully saturated rings. The van der Waals surface area contributed by atoms with E-state index in [1.807, 2.05) is 29.6 Å². The van der Waals surface area contributed by atoms with Crippen LogP contribution in [-0.4, -0.2) is 36.3 Å². The van der Waals surface area contributed by atoms with Crippen LogP contribution in [0.1, 0.15) is 4.88 Å². The summed E-state index contributed by atoms with van der Waals surface area (Å²) < 4.78 is 19.5. The highest BCUT2D eigenvalue weighted by Crippen LogP contribution is 2.42. The van der Waals surface area contributed by atoms with Crippen molar-refractivity contribution in [3.63, 3.8) is 0 Å². The van der Waals surface area contributed by atoms with Crippen LogP contribution >= 0.6 is 11.3 Å². The molecule has 7 heteroatoms. The van der Waals surface area contributed by atoms with Crippen molar-refractivity contribution in [2.24, 2.45) is 5.92 Å². The first-order chi connectivity index (χ1) is 15.0. The van der Waals surface area contributed by atoms with E-state index in [9.17, 15) is 14.3 Å². The van der Waals surface area contributed by atoms with Crippen molar-refractivity contribution in [3.8, 4) is 22.4 Å². The number of hydrogen-bond acceptors (Lipinski definition) is 4. The van der Waals surface area contributed by atoms with Gasteiger partial charge in [-0.05, 0) is 41.8 Å². The van der Waals surface area contributed by atoms with Crippen molar-refractivity contribution in [2.75, 3.05) is 25.1 Å². The van der Waals surface area contributed by atoms with E-state index in [1.54, 1.807) is 30.6 Å². The molecule has 1 aliphatic heterocycles. The number of nitrogens with zero attached hydrogens (tertiary/aromatic N) is 1. The van der Waals surface area contributed by atoms with Crippen molar-refractivity contribution in [3.05, 3.63) is 64.6 Å². The molecule has 0 aliphatic carbocycles. The van der Waals surface area contributed by atoms with Gasteiger partial charge in [-0.1, -0.05) is 12.1 Å². The van der Waals surface area contributed by atoms with Crippen LogP contribution in [0, 0.1) is 11.7 Å². The molecule has 0 radical (unpaired) electrons. The van der Waals surface area contributed by atoms with Crippen molar-refractivity contribution in [1.82, 2.24) is 4.98 Å². The topological polar surface area (TPSA) is 65.6 Å². The van der Waals surface area contributed by atoms with Crippen LogP contribution in [0.5, 0.6) is 0 Å². The summed E-state index contributed by atoms with van der Waals surface area (Å²) in [5, 5.41) is 12.0. The van der Waals surface area contributed by atoms with E-state index in [1.165, 1.54) is 6.07 Å². The molecule has 0 spiro atoms. The second-order valence-electron chi connectivity index (χ2n) is 7.75. The Bertz CT molecular complexity index is 1270. The molecule has 158 valence electrons. The zero-order chi connectivity index (χ0) is 21.5. The van der Waals surface area contributed by atoms with Crippen LogP contribution in [0.3, 0.4) is 0 Å². The number of carboxylic acids is 1. The van der Waals surface area contributed by atoms with Crippen molar-refractivity contribution in [2.45, 2.75) is 6.61 Å². The van der Waals surface area contributed by atoms with Crippen LogP contribution in [0.15, 0.2) is 53.9 Å². The third-order valence-electron chi connectivity index (χ3n) is 5.78. The van der Waals surface area contributed by atoms with Gasteiger partial charge >= 0.3 is 5.97 Å². The first kappa shape index (κ1) is 19.8. The Labute approximate surface area is 182 Å². The number of anilines is 1. The molecule has 5 rings (SSSR count). The Kier molecular flexibility index (Phi) is 5.00. The Morgan fingerprint density at radius 1 is 1.26 bits per heavy atom. The summed E-state index contributed by atoms with van der Waals surface area (Å²) >= 11 is 1.62. The molecule has 1 saturated heterocycles. The Morgan fingerprint density at radius 3 is 2.87 bits per heavy atom. The molecule has 2 aromatic heterocycles. The molecule has 0 unspecified atom stereocenters. The third kappa shape index (κ3) is 3.49. The number of thiophene rings is 1. The van der Waals surface area contributed by atoms with Gasteiger partial charge in [0.2, 0.25) is 0 Å². The number of nitrogens with one attached hydrogen (secondary N) is 1. The van der Waals surface area contributed by atoms with E-state index in [0.29, 0.717) is 19.7 Å². The first-order valence-corrected chi connectivity index (χ1v) is 10.9. The molecule has 2 N–H and O–H groups in total. The fourth-order valence-corrected chi connectivity index (χ4v) is 5.02. The molecule has 4 aromatic rings. The number of carboxylic acid groups (broad SMARTS) is 1. The number of methoxy groups -OCH3 is 1. The van der Waals surface area contributed by atoms with Crippen molar-refractivity contribution in [1.29, 1.82) is 0 Å². The number of aromatic nitrogens is 1. The summed E-state index contributed by atoms with van der Waals surface area (Å²) in [6.07, 6.45) is 0. The highest BCUT2D eigenvalue weighted by atomic mass is 32.1. The minimum atomic E-state index is -0.754. The van der Waals surface area contributed by atoms with Gasteiger partial charge in [-0.2, -0.15) is 0 Å². The quantitative estimate of drug-likeness (QED) is 0.427. The highest BCUT2D eigenvalue weighted by Gasteiger charge is 2.32. The van der Waals surface area contributed by atoms with E-state index < -0.39 is 5.97 Å². The molecular weight excluding hydrogens is 415 g/mol. The lowest BCUT2D eigenvalue weighted by Crippen LogP contribution is -2.50. The van der Waals surface area contributed by atoms with Crippen LogP contribution in [0.25, 0.3) is 33.3 Å². The van der Waals surface area contributed by atoms with Crippen molar-refractivity contribution >= 4 is 33.9 Å². The third-order valence-corrected chi connectivity index (χ3v) is 6.68. The minimum absolute atomic E-state index is 0.281. The maximum absolute atomic E-state index is 14.2. The summed E-state index contributed by atoms with van der Waals surface area (Å²) in [4.78, 5) is 17.8. The van der Waals surface area contributed by atoms with Crippen LogP contribution < -0.4 is 4.90 Å². The Balaban J connectivity index is 1.63. The fraction of sp³-hybridized carbons (Fsp3) is 0.208.